The van der Waals surface area contributed by atoms with Crippen molar-refractivity contribution in [3.63, 3.8) is 0 Å². The first-order valence-electron chi connectivity index (χ1n) is 4.36. The van der Waals surface area contributed by atoms with E-state index in [-0.39, 0.29) is 0 Å². The van der Waals surface area contributed by atoms with Gasteiger partial charge in [-0.05, 0) is 36.0 Å². The van der Waals surface area contributed by atoms with Gasteiger partial charge in [0.2, 0.25) is 0 Å². The molecule has 61 valence electrons. The number of benzene rings is 1. The summed E-state index contributed by atoms with van der Waals surface area (Å²) in [5.41, 5.74) is 4.23. The van der Waals surface area contributed by atoms with Crippen LogP contribution >= 0.6 is 0 Å². The van der Waals surface area contributed by atoms with Gasteiger partial charge in [0.1, 0.15) is 0 Å². The lowest BCUT2D eigenvalue weighted by Gasteiger charge is -2.18. The van der Waals surface area contributed by atoms with Gasteiger partial charge in [-0.1, -0.05) is 18.2 Å². The van der Waals surface area contributed by atoms with Crippen LogP contribution in [0.4, 0.5) is 0 Å². The van der Waals surface area contributed by atoms with E-state index in [9.17, 15) is 4.79 Å². The fourth-order valence-corrected chi connectivity index (χ4v) is 1.60. The van der Waals surface area contributed by atoms with Crippen LogP contribution in [-0.4, -0.2) is 6.29 Å². The summed E-state index contributed by atoms with van der Waals surface area (Å²) in [6, 6.07) is 6.52. The Morgan fingerprint density at radius 2 is 2.08 bits per heavy atom. The molecule has 0 N–H and O–H groups in total. The van der Waals surface area contributed by atoms with Crippen LogP contribution in [0.2, 0.25) is 0 Å². The minimum Gasteiger partial charge on any atom is -0.291 e. The lowest BCUT2D eigenvalue weighted by Crippen LogP contribution is -2.08. The number of fused-ring (bicyclic) bond motifs is 1. The molecule has 0 bridgehead atoms. The highest BCUT2D eigenvalue weighted by Gasteiger charge is 2.12. The fraction of sp³-hybridized carbons (Fsp3) is 0.364. The summed E-state index contributed by atoms with van der Waals surface area (Å²) >= 11 is 0. The second-order valence-corrected chi connectivity index (χ2v) is 3.25. The molecule has 12 heavy (non-hydrogen) atoms. The first-order valence-corrected chi connectivity index (χ1v) is 4.36. The molecule has 1 aliphatic carbocycles. The van der Waals surface area contributed by atoms with Crippen molar-refractivity contribution in [2.24, 2.45) is 0 Å². The minimum atomic E-state index is 0.527. The third-order valence-electron chi connectivity index (χ3n) is 2.45. The molecule has 1 nitrogen and oxygen atoms in total. The molecular formula is C11H11O. The molecule has 1 aliphatic rings. The van der Waals surface area contributed by atoms with Crippen molar-refractivity contribution >= 4 is 6.29 Å². The molecule has 0 heterocycles. The fourth-order valence-electron chi connectivity index (χ4n) is 1.60. The van der Waals surface area contributed by atoms with Gasteiger partial charge in [0.05, 0.1) is 0 Å². The summed E-state index contributed by atoms with van der Waals surface area (Å²) in [5, 5.41) is 0. The third kappa shape index (κ3) is 1.27. The van der Waals surface area contributed by atoms with Gasteiger partial charge in [-0.2, -0.15) is 0 Å². The quantitative estimate of drug-likeness (QED) is 0.657. The predicted octanol–water partition coefficient (Wildman–Crippen LogP) is 1.83. The molecule has 0 saturated heterocycles. The Labute approximate surface area is 72.4 Å². The summed E-state index contributed by atoms with van der Waals surface area (Å²) in [5.74, 6) is 0. The predicted molar refractivity (Wildman–Crippen MR) is 47.9 cm³/mol. The molecule has 0 aliphatic heterocycles. The zero-order valence-electron chi connectivity index (χ0n) is 6.97. The highest BCUT2D eigenvalue weighted by atomic mass is 16.1. The van der Waals surface area contributed by atoms with Crippen molar-refractivity contribution in [1.29, 1.82) is 0 Å². The maximum atomic E-state index is 10.0. The van der Waals surface area contributed by atoms with Gasteiger partial charge in [-0.3, -0.25) is 4.79 Å². The number of carbonyl (C=O) groups excluding carboxylic acids is 1. The van der Waals surface area contributed by atoms with Gasteiger partial charge in [-0.25, -0.2) is 0 Å². The van der Waals surface area contributed by atoms with Crippen molar-refractivity contribution in [3.8, 4) is 0 Å². The Morgan fingerprint density at radius 1 is 1.25 bits per heavy atom. The smallest absolute Gasteiger partial charge is 0.198 e. The highest BCUT2D eigenvalue weighted by Crippen LogP contribution is 2.23. The average Bonchev–Trinajstić information content (AvgIpc) is 2.05. The lowest BCUT2D eigenvalue weighted by atomic mass is 9.87. The lowest BCUT2D eigenvalue weighted by molar-refractivity contribution is 0.551. The molecule has 0 amide bonds. The molecule has 0 spiro atoms. The molecule has 0 aromatic heterocycles. The summed E-state index contributed by atoms with van der Waals surface area (Å²) < 4.78 is 0. The minimum absolute atomic E-state index is 0.527. The molecule has 0 saturated carbocycles. The number of hydrogen-bond donors (Lipinski definition) is 0. The molecule has 1 aromatic rings. The second-order valence-electron chi connectivity index (χ2n) is 3.25. The number of hydrogen-bond acceptors (Lipinski definition) is 1. The van der Waals surface area contributed by atoms with Crippen LogP contribution in [0.15, 0.2) is 18.2 Å². The van der Waals surface area contributed by atoms with E-state index in [1.165, 1.54) is 29.5 Å². The molecule has 2 rings (SSSR count). The topological polar surface area (TPSA) is 17.1 Å². The Kier molecular flexibility index (Phi) is 1.94. The van der Waals surface area contributed by atoms with Gasteiger partial charge >= 0.3 is 0 Å². The SMILES string of the molecule is O=[C]CCc1ccc2c(c1)CC2. The number of rotatable bonds is 3. The van der Waals surface area contributed by atoms with Gasteiger partial charge < -0.3 is 0 Å². The Balaban J connectivity index is 2.12. The van der Waals surface area contributed by atoms with Crippen LogP contribution in [0.3, 0.4) is 0 Å². The molecule has 0 fully saturated rings. The zero-order chi connectivity index (χ0) is 8.39. The largest absolute Gasteiger partial charge is 0.291 e. The van der Waals surface area contributed by atoms with Crippen LogP contribution in [-0.2, 0) is 24.1 Å². The Hall–Kier alpha value is -1.11. The highest BCUT2D eigenvalue weighted by molar-refractivity contribution is 5.51. The summed E-state index contributed by atoms with van der Waals surface area (Å²) in [4.78, 5) is 10.0. The van der Waals surface area contributed by atoms with Gasteiger partial charge in [0, 0.05) is 6.42 Å². The molecule has 1 heteroatoms. The van der Waals surface area contributed by atoms with E-state index >= 15 is 0 Å². The van der Waals surface area contributed by atoms with Crippen molar-refractivity contribution in [1.82, 2.24) is 0 Å². The van der Waals surface area contributed by atoms with Crippen LogP contribution in [0.25, 0.3) is 0 Å². The Morgan fingerprint density at radius 3 is 2.67 bits per heavy atom. The standard InChI is InChI=1S/C11H11O/c12-7-1-2-9-3-4-10-5-6-11(10)8-9/h3-4,8H,1-2,5-6H2. The molecule has 0 atom stereocenters. The van der Waals surface area contributed by atoms with Crippen LogP contribution in [0.5, 0.6) is 0 Å². The zero-order valence-corrected chi connectivity index (χ0v) is 6.97. The molecule has 0 unspecified atom stereocenters. The van der Waals surface area contributed by atoms with E-state index in [1.807, 2.05) is 6.29 Å². The molecule has 1 aromatic carbocycles. The monoisotopic (exact) mass is 159 g/mol. The summed E-state index contributed by atoms with van der Waals surface area (Å²) in [6.07, 6.45) is 5.74. The first-order chi connectivity index (χ1) is 5.90. The third-order valence-corrected chi connectivity index (χ3v) is 2.45. The molecule has 1 radical (unpaired) electrons. The van der Waals surface area contributed by atoms with Gasteiger partial charge in [0.15, 0.2) is 6.29 Å². The number of aryl methyl sites for hydroxylation is 3. The maximum absolute atomic E-state index is 10.0. The van der Waals surface area contributed by atoms with E-state index in [0.29, 0.717) is 6.42 Å². The second kappa shape index (κ2) is 3.10. The van der Waals surface area contributed by atoms with E-state index < -0.39 is 0 Å². The van der Waals surface area contributed by atoms with Crippen molar-refractivity contribution in [2.45, 2.75) is 25.7 Å². The van der Waals surface area contributed by atoms with E-state index in [1.54, 1.807) is 0 Å². The van der Waals surface area contributed by atoms with Crippen molar-refractivity contribution < 1.29 is 4.79 Å². The molecular weight excluding hydrogens is 148 g/mol. The van der Waals surface area contributed by atoms with Crippen LogP contribution in [0, 0.1) is 0 Å². The summed E-state index contributed by atoms with van der Waals surface area (Å²) in [6.45, 7) is 0. The average molecular weight is 159 g/mol. The normalized spacial score (nSPS) is 13.3. The maximum Gasteiger partial charge on any atom is 0.198 e. The van der Waals surface area contributed by atoms with E-state index in [2.05, 4.69) is 18.2 Å². The van der Waals surface area contributed by atoms with Gasteiger partial charge in [0.25, 0.3) is 0 Å². The van der Waals surface area contributed by atoms with E-state index in [0.717, 1.165) is 6.42 Å². The van der Waals surface area contributed by atoms with E-state index in [4.69, 9.17) is 0 Å². The van der Waals surface area contributed by atoms with Crippen molar-refractivity contribution in [3.05, 3.63) is 34.9 Å². The van der Waals surface area contributed by atoms with Crippen molar-refractivity contribution in [2.75, 3.05) is 0 Å². The first kappa shape index (κ1) is 7.53. The van der Waals surface area contributed by atoms with Gasteiger partial charge in [-0.15, -0.1) is 0 Å². The van der Waals surface area contributed by atoms with Crippen LogP contribution < -0.4 is 0 Å². The Bertz CT molecular complexity index is 302. The van der Waals surface area contributed by atoms with Crippen LogP contribution in [0.1, 0.15) is 23.1 Å². The summed E-state index contributed by atoms with van der Waals surface area (Å²) in [7, 11) is 0.